The Balaban J connectivity index is 2.32. The molecule has 2 amide bonds. The van der Waals surface area contributed by atoms with Gasteiger partial charge in [-0.3, -0.25) is 5.32 Å². The van der Waals surface area contributed by atoms with E-state index in [2.05, 4.69) is 22.7 Å². The van der Waals surface area contributed by atoms with Crippen molar-refractivity contribution in [2.75, 3.05) is 5.32 Å². The molecule has 0 bridgehead atoms. The summed E-state index contributed by atoms with van der Waals surface area (Å²) in [6, 6.07) is 8.86. The summed E-state index contributed by atoms with van der Waals surface area (Å²) in [5.74, 6) is 0.557. The first-order chi connectivity index (χ1) is 12.1. The number of carbonyl (C=O) groups is 1. The molecule has 2 aromatic rings. The minimum atomic E-state index is -0.393. The van der Waals surface area contributed by atoms with E-state index in [0.29, 0.717) is 11.5 Å². The van der Waals surface area contributed by atoms with Crippen LogP contribution in [0.3, 0.4) is 0 Å². The highest BCUT2D eigenvalue weighted by molar-refractivity contribution is 6.25. The molecular weight excluding hydrogens is 340 g/mol. The number of amides is 2. The van der Waals surface area contributed by atoms with E-state index in [0.717, 1.165) is 36.2 Å². The molecule has 0 saturated carbocycles. The minimum absolute atomic E-state index is 0.0548. The van der Waals surface area contributed by atoms with Gasteiger partial charge in [-0.25, -0.2) is 9.48 Å². The monoisotopic (exact) mass is 362 g/mol. The molecule has 0 aliphatic heterocycles. The number of hydrogen-bond acceptors (Lipinski definition) is 3. The van der Waals surface area contributed by atoms with Gasteiger partial charge in [0.15, 0.2) is 0 Å². The lowest BCUT2D eigenvalue weighted by Gasteiger charge is -2.10. The molecule has 0 unspecified atom stereocenters. The number of allylic oxidation sites excluding steroid dienone is 1. The highest BCUT2D eigenvalue weighted by Gasteiger charge is 2.13. The maximum absolute atomic E-state index is 12.1. The third-order valence-electron chi connectivity index (χ3n) is 3.60. The van der Waals surface area contributed by atoms with E-state index >= 15 is 0 Å². The van der Waals surface area contributed by atoms with E-state index in [9.17, 15) is 9.90 Å². The highest BCUT2D eigenvalue weighted by atomic mass is 35.5. The first-order valence-corrected chi connectivity index (χ1v) is 8.65. The standard InChI is InChI=1S/C18H23ClN4O2/c1-3-4-7-15-10-17(21-18(25)20-13(2)11-19)23(22-15)16-8-5-6-14(9-16)12-24/h5-6,8-11,24H,3-4,7,12H2,1-2H3,(H2,20,21,25)/b13-11-. The van der Waals surface area contributed by atoms with Gasteiger partial charge < -0.3 is 10.4 Å². The third kappa shape index (κ3) is 5.34. The van der Waals surface area contributed by atoms with Crippen LogP contribution in [0.4, 0.5) is 10.6 Å². The Morgan fingerprint density at radius 2 is 2.20 bits per heavy atom. The second-order valence-electron chi connectivity index (χ2n) is 5.74. The SMILES string of the molecule is CCCCc1cc(NC(=O)N/C(C)=C\Cl)n(-c2cccc(CO)c2)n1. The molecule has 3 N–H and O–H groups in total. The lowest BCUT2D eigenvalue weighted by molar-refractivity contribution is 0.254. The van der Waals surface area contributed by atoms with Crippen molar-refractivity contribution < 1.29 is 9.90 Å². The number of aryl methyl sites for hydroxylation is 1. The van der Waals surface area contributed by atoms with E-state index in [-0.39, 0.29) is 6.61 Å². The Bertz CT molecular complexity index is 755. The van der Waals surface area contributed by atoms with E-state index in [1.807, 2.05) is 30.3 Å². The number of aliphatic hydroxyl groups excluding tert-OH is 1. The van der Waals surface area contributed by atoms with Crippen LogP contribution in [-0.2, 0) is 13.0 Å². The number of hydrogen-bond donors (Lipinski definition) is 3. The van der Waals surface area contributed by atoms with Crippen LogP contribution in [-0.4, -0.2) is 20.9 Å². The molecule has 0 fully saturated rings. The quantitative estimate of drug-likeness (QED) is 0.698. The Morgan fingerprint density at radius 3 is 2.88 bits per heavy atom. The zero-order chi connectivity index (χ0) is 18.2. The molecule has 0 saturated heterocycles. The largest absolute Gasteiger partial charge is 0.392 e. The molecule has 2 rings (SSSR count). The van der Waals surface area contributed by atoms with Crippen LogP contribution < -0.4 is 10.6 Å². The van der Waals surface area contributed by atoms with Crippen molar-refractivity contribution in [2.24, 2.45) is 0 Å². The van der Waals surface area contributed by atoms with E-state index in [1.54, 1.807) is 11.6 Å². The number of anilines is 1. The Hall–Kier alpha value is -2.31. The molecule has 1 aromatic carbocycles. The number of carbonyl (C=O) groups excluding carboxylic acids is 1. The smallest absolute Gasteiger partial charge is 0.324 e. The van der Waals surface area contributed by atoms with Crippen LogP contribution in [0.15, 0.2) is 41.6 Å². The molecule has 6 nitrogen and oxygen atoms in total. The van der Waals surface area contributed by atoms with Crippen molar-refractivity contribution in [3.63, 3.8) is 0 Å². The van der Waals surface area contributed by atoms with Gasteiger partial charge in [-0.1, -0.05) is 37.1 Å². The molecule has 1 heterocycles. The normalized spacial score (nSPS) is 11.4. The lowest BCUT2D eigenvalue weighted by Crippen LogP contribution is -2.28. The fourth-order valence-electron chi connectivity index (χ4n) is 2.34. The zero-order valence-electron chi connectivity index (χ0n) is 14.4. The summed E-state index contributed by atoms with van der Waals surface area (Å²) in [4.78, 5) is 12.1. The maximum Gasteiger partial charge on any atom is 0.324 e. The topological polar surface area (TPSA) is 79.2 Å². The molecule has 0 aliphatic rings. The third-order valence-corrected chi connectivity index (χ3v) is 3.93. The van der Waals surface area contributed by atoms with Gasteiger partial charge in [-0.2, -0.15) is 5.10 Å². The summed E-state index contributed by atoms with van der Waals surface area (Å²) in [5, 5.41) is 19.4. The van der Waals surface area contributed by atoms with Gasteiger partial charge in [0.05, 0.1) is 18.0 Å². The van der Waals surface area contributed by atoms with Gasteiger partial charge in [0.1, 0.15) is 5.82 Å². The fourth-order valence-corrected chi connectivity index (χ4v) is 2.39. The molecule has 0 atom stereocenters. The van der Waals surface area contributed by atoms with Gasteiger partial charge in [-0.15, -0.1) is 0 Å². The van der Waals surface area contributed by atoms with Crippen LogP contribution >= 0.6 is 11.6 Å². The summed E-state index contributed by atoms with van der Waals surface area (Å²) < 4.78 is 1.67. The average Bonchev–Trinajstić information content (AvgIpc) is 3.02. The van der Waals surface area contributed by atoms with Crippen molar-refractivity contribution in [1.82, 2.24) is 15.1 Å². The van der Waals surface area contributed by atoms with E-state index in [4.69, 9.17) is 11.6 Å². The second kappa shape index (κ2) is 9.25. The predicted molar refractivity (Wildman–Crippen MR) is 99.9 cm³/mol. The van der Waals surface area contributed by atoms with E-state index < -0.39 is 6.03 Å². The van der Waals surface area contributed by atoms with Crippen molar-refractivity contribution >= 4 is 23.4 Å². The number of nitrogens with one attached hydrogen (secondary N) is 2. The van der Waals surface area contributed by atoms with Gasteiger partial charge in [0, 0.05) is 17.3 Å². The molecule has 25 heavy (non-hydrogen) atoms. The van der Waals surface area contributed by atoms with Crippen LogP contribution in [0.1, 0.15) is 37.9 Å². The van der Waals surface area contributed by atoms with Crippen molar-refractivity contribution in [2.45, 2.75) is 39.7 Å². The van der Waals surface area contributed by atoms with Gasteiger partial charge in [-0.05, 0) is 37.5 Å². The number of rotatable bonds is 7. The van der Waals surface area contributed by atoms with Crippen LogP contribution in [0, 0.1) is 0 Å². The molecule has 1 aromatic heterocycles. The first-order valence-electron chi connectivity index (χ1n) is 8.21. The number of unbranched alkanes of at least 4 members (excludes halogenated alkanes) is 1. The zero-order valence-corrected chi connectivity index (χ0v) is 15.2. The van der Waals surface area contributed by atoms with Crippen LogP contribution in [0.2, 0.25) is 0 Å². The van der Waals surface area contributed by atoms with Crippen molar-refractivity contribution in [3.8, 4) is 5.69 Å². The fraction of sp³-hybridized carbons (Fsp3) is 0.333. The molecule has 0 radical (unpaired) electrons. The molecule has 7 heteroatoms. The number of halogens is 1. The minimum Gasteiger partial charge on any atom is -0.392 e. The average molecular weight is 363 g/mol. The second-order valence-corrected chi connectivity index (χ2v) is 5.95. The van der Waals surface area contributed by atoms with Crippen molar-refractivity contribution in [3.05, 3.63) is 52.8 Å². The Labute approximate surface area is 152 Å². The van der Waals surface area contributed by atoms with Gasteiger partial charge in [0.2, 0.25) is 0 Å². The number of aliphatic hydroxyl groups is 1. The van der Waals surface area contributed by atoms with E-state index in [1.165, 1.54) is 5.54 Å². The number of aromatic nitrogens is 2. The Kier molecular flexibility index (Phi) is 7.03. The molecule has 0 spiro atoms. The van der Waals surface area contributed by atoms with Crippen LogP contribution in [0.25, 0.3) is 5.69 Å². The number of benzene rings is 1. The number of nitrogens with zero attached hydrogens (tertiary/aromatic N) is 2. The Morgan fingerprint density at radius 1 is 1.40 bits per heavy atom. The summed E-state index contributed by atoms with van der Waals surface area (Å²) in [5.41, 5.74) is 4.29. The maximum atomic E-state index is 12.1. The van der Waals surface area contributed by atoms with Gasteiger partial charge >= 0.3 is 6.03 Å². The summed E-state index contributed by atoms with van der Waals surface area (Å²) in [6.45, 7) is 3.76. The van der Waals surface area contributed by atoms with Crippen molar-refractivity contribution in [1.29, 1.82) is 0 Å². The summed E-state index contributed by atoms with van der Waals surface area (Å²) in [6.07, 6.45) is 2.92. The summed E-state index contributed by atoms with van der Waals surface area (Å²) in [7, 11) is 0. The van der Waals surface area contributed by atoms with Gasteiger partial charge in [0.25, 0.3) is 0 Å². The lowest BCUT2D eigenvalue weighted by atomic mass is 10.2. The first kappa shape index (κ1) is 19.0. The summed E-state index contributed by atoms with van der Waals surface area (Å²) >= 11 is 5.58. The molecule has 0 aliphatic carbocycles. The highest BCUT2D eigenvalue weighted by Crippen LogP contribution is 2.20. The molecule has 134 valence electrons. The molecular formula is C18H23ClN4O2. The predicted octanol–water partition coefficient (Wildman–Crippen LogP) is 3.93. The number of urea groups is 1. The van der Waals surface area contributed by atoms with Crippen LogP contribution in [0.5, 0.6) is 0 Å².